The molecule has 1 aliphatic carbocycles. The summed E-state index contributed by atoms with van der Waals surface area (Å²) in [5.41, 5.74) is 1.55. The van der Waals surface area contributed by atoms with Crippen LogP contribution in [0.4, 0.5) is 18.9 Å². The molecule has 3 rings (SSSR count). The molecule has 0 saturated heterocycles. The SMILES string of the molecule is CN(C(=O)C1CC(N(C)C)c2ccccc21)c1cccc(C(F)(F)F)c1. The van der Waals surface area contributed by atoms with Gasteiger partial charge in [0, 0.05) is 18.8 Å². The second-order valence-corrected chi connectivity index (χ2v) is 6.84. The van der Waals surface area contributed by atoms with Crippen molar-refractivity contribution in [3.63, 3.8) is 0 Å². The van der Waals surface area contributed by atoms with Crippen molar-refractivity contribution in [1.82, 2.24) is 4.90 Å². The second kappa shape index (κ2) is 6.76. The van der Waals surface area contributed by atoms with Crippen LogP contribution in [0.15, 0.2) is 48.5 Å². The van der Waals surface area contributed by atoms with E-state index in [1.54, 1.807) is 0 Å². The van der Waals surface area contributed by atoms with Gasteiger partial charge in [-0.25, -0.2) is 0 Å². The quantitative estimate of drug-likeness (QED) is 0.805. The highest BCUT2D eigenvalue weighted by Crippen LogP contribution is 2.43. The van der Waals surface area contributed by atoms with Gasteiger partial charge in [-0.15, -0.1) is 0 Å². The van der Waals surface area contributed by atoms with Gasteiger partial charge in [0.1, 0.15) is 0 Å². The van der Waals surface area contributed by atoms with Gasteiger partial charge >= 0.3 is 6.18 Å². The average molecular weight is 362 g/mol. The molecule has 0 saturated carbocycles. The summed E-state index contributed by atoms with van der Waals surface area (Å²) in [5, 5.41) is 0. The number of halogens is 3. The van der Waals surface area contributed by atoms with Crippen molar-refractivity contribution in [1.29, 1.82) is 0 Å². The van der Waals surface area contributed by atoms with Crippen LogP contribution >= 0.6 is 0 Å². The molecule has 138 valence electrons. The van der Waals surface area contributed by atoms with Crippen LogP contribution < -0.4 is 4.90 Å². The lowest BCUT2D eigenvalue weighted by molar-refractivity contribution is -0.137. The Balaban J connectivity index is 1.91. The number of alkyl halides is 3. The van der Waals surface area contributed by atoms with E-state index < -0.39 is 11.7 Å². The summed E-state index contributed by atoms with van der Waals surface area (Å²) in [5.74, 6) is -0.556. The van der Waals surface area contributed by atoms with Gasteiger partial charge in [0.2, 0.25) is 5.91 Å². The molecule has 0 bridgehead atoms. The van der Waals surface area contributed by atoms with E-state index in [0.29, 0.717) is 6.42 Å². The van der Waals surface area contributed by atoms with E-state index in [1.807, 2.05) is 38.4 Å². The number of anilines is 1. The molecule has 2 aromatic rings. The minimum absolute atomic E-state index is 0.120. The maximum Gasteiger partial charge on any atom is 0.416 e. The molecule has 6 heteroatoms. The van der Waals surface area contributed by atoms with Crippen molar-refractivity contribution in [2.24, 2.45) is 0 Å². The van der Waals surface area contributed by atoms with Gasteiger partial charge in [-0.05, 0) is 49.8 Å². The van der Waals surface area contributed by atoms with Gasteiger partial charge < -0.3 is 9.80 Å². The Morgan fingerprint density at radius 2 is 1.65 bits per heavy atom. The topological polar surface area (TPSA) is 23.6 Å². The average Bonchev–Trinajstić information content (AvgIpc) is 3.00. The van der Waals surface area contributed by atoms with Crippen molar-refractivity contribution < 1.29 is 18.0 Å². The lowest BCUT2D eigenvalue weighted by Gasteiger charge is -2.24. The zero-order valence-electron chi connectivity index (χ0n) is 14.9. The molecule has 3 nitrogen and oxygen atoms in total. The zero-order valence-corrected chi connectivity index (χ0v) is 14.9. The number of fused-ring (bicyclic) bond motifs is 1. The normalized spacial score (nSPS) is 19.5. The van der Waals surface area contributed by atoms with Crippen LogP contribution in [0.2, 0.25) is 0 Å². The molecule has 0 heterocycles. The Labute approximate surface area is 151 Å². The van der Waals surface area contributed by atoms with Crippen LogP contribution in [-0.2, 0) is 11.0 Å². The van der Waals surface area contributed by atoms with Gasteiger partial charge in [0.05, 0.1) is 11.5 Å². The molecule has 0 N–H and O–H groups in total. The Hall–Kier alpha value is -2.34. The molecule has 26 heavy (non-hydrogen) atoms. The Bertz CT molecular complexity index is 817. The van der Waals surface area contributed by atoms with E-state index in [1.165, 1.54) is 24.1 Å². The van der Waals surface area contributed by atoms with Crippen molar-refractivity contribution in [3.05, 3.63) is 65.2 Å². The fourth-order valence-electron chi connectivity index (χ4n) is 3.58. The third kappa shape index (κ3) is 3.33. The Kier molecular flexibility index (Phi) is 4.80. The third-order valence-electron chi connectivity index (χ3n) is 5.00. The van der Waals surface area contributed by atoms with Crippen molar-refractivity contribution in [3.8, 4) is 0 Å². The molecule has 0 aromatic heterocycles. The van der Waals surface area contributed by atoms with Crippen molar-refractivity contribution >= 4 is 11.6 Å². The molecule has 0 aliphatic heterocycles. The lowest BCUT2D eigenvalue weighted by Crippen LogP contribution is -2.31. The summed E-state index contributed by atoms with van der Waals surface area (Å²) in [7, 11) is 5.46. The molecule has 0 fully saturated rings. The van der Waals surface area contributed by atoms with Crippen LogP contribution in [0.3, 0.4) is 0 Å². The number of hydrogen-bond acceptors (Lipinski definition) is 2. The number of carbonyl (C=O) groups excluding carboxylic acids is 1. The minimum Gasteiger partial charge on any atom is -0.315 e. The highest BCUT2D eigenvalue weighted by atomic mass is 19.4. The monoisotopic (exact) mass is 362 g/mol. The fourth-order valence-corrected chi connectivity index (χ4v) is 3.58. The Morgan fingerprint density at radius 3 is 2.27 bits per heavy atom. The smallest absolute Gasteiger partial charge is 0.315 e. The molecule has 2 unspecified atom stereocenters. The predicted octanol–water partition coefficient (Wildman–Crippen LogP) is 4.46. The number of carbonyl (C=O) groups is 1. The standard InChI is InChI=1S/C20H21F3N2O/c1-24(2)18-12-17(15-9-4-5-10-16(15)18)19(26)25(3)14-8-6-7-13(11-14)20(21,22)23/h4-11,17-18H,12H2,1-3H3. The van der Waals surface area contributed by atoms with Gasteiger partial charge in [0.25, 0.3) is 0 Å². The summed E-state index contributed by atoms with van der Waals surface area (Å²) in [6.07, 6.45) is -3.82. The van der Waals surface area contributed by atoms with Crippen molar-refractivity contribution in [2.75, 3.05) is 26.0 Å². The minimum atomic E-state index is -4.43. The van der Waals surface area contributed by atoms with E-state index in [9.17, 15) is 18.0 Å². The maximum absolute atomic E-state index is 13.1. The van der Waals surface area contributed by atoms with Crippen LogP contribution in [0, 0.1) is 0 Å². The molecule has 2 atom stereocenters. The van der Waals surface area contributed by atoms with E-state index in [4.69, 9.17) is 0 Å². The van der Waals surface area contributed by atoms with Crippen LogP contribution in [0.1, 0.15) is 35.1 Å². The number of benzene rings is 2. The van der Waals surface area contributed by atoms with E-state index in [-0.39, 0.29) is 23.6 Å². The molecule has 1 aliphatic rings. The van der Waals surface area contributed by atoms with Gasteiger partial charge in [0.15, 0.2) is 0 Å². The number of hydrogen-bond donors (Lipinski definition) is 0. The summed E-state index contributed by atoms with van der Waals surface area (Å²) < 4.78 is 38.9. The predicted molar refractivity (Wildman–Crippen MR) is 95.1 cm³/mol. The molecule has 2 aromatic carbocycles. The lowest BCUT2D eigenvalue weighted by atomic mass is 9.99. The van der Waals surface area contributed by atoms with Crippen LogP contribution in [0.25, 0.3) is 0 Å². The molecule has 0 spiro atoms. The van der Waals surface area contributed by atoms with Crippen LogP contribution in [0.5, 0.6) is 0 Å². The second-order valence-electron chi connectivity index (χ2n) is 6.84. The van der Waals surface area contributed by atoms with E-state index >= 15 is 0 Å². The Morgan fingerprint density at radius 1 is 1.00 bits per heavy atom. The van der Waals surface area contributed by atoms with Crippen LogP contribution in [-0.4, -0.2) is 32.0 Å². The van der Waals surface area contributed by atoms with Gasteiger partial charge in [-0.2, -0.15) is 13.2 Å². The summed E-state index contributed by atoms with van der Waals surface area (Å²) >= 11 is 0. The van der Waals surface area contributed by atoms with Gasteiger partial charge in [-0.1, -0.05) is 30.3 Å². The summed E-state index contributed by atoms with van der Waals surface area (Å²) in [6.45, 7) is 0. The number of nitrogens with zero attached hydrogens (tertiary/aromatic N) is 2. The molecule has 0 radical (unpaired) electrons. The van der Waals surface area contributed by atoms with E-state index in [0.717, 1.165) is 23.3 Å². The zero-order chi connectivity index (χ0) is 19.1. The fraction of sp³-hybridized carbons (Fsp3) is 0.350. The van der Waals surface area contributed by atoms with Crippen molar-refractivity contribution in [2.45, 2.75) is 24.6 Å². The van der Waals surface area contributed by atoms with E-state index in [2.05, 4.69) is 4.90 Å². The van der Waals surface area contributed by atoms with Gasteiger partial charge in [-0.3, -0.25) is 4.79 Å². The molecule has 1 amide bonds. The number of amides is 1. The first kappa shape index (κ1) is 18.5. The number of likely N-dealkylation sites (N-methyl/N-ethyl adjacent to an activating group) is 1. The first-order valence-corrected chi connectivity index (χ1v) is 8.40. The largest absolute Gasteiger partial charge is 0.416 e. The first-order chi connectivity index (χ1) is 12.2. The first-order valence-electron chi connectivity index (χ1n) is 8.40. The highest BCUT2D eigenvalue weighted by molar-refractivity contribution is 5.98. The number of rotatable bonds is 3. The maximum atomic E-state index is 13.1. The third-order valence-corrected chi connectivity index (χ3v) is 5.00. The molecular formula is C20H21F3N2O. The highest BCUT2D eigenvalue weighted by Gasteiger charge is 2.38. The summed E-state index contributed by atoms with van der Waals surface area (Å²) in [4.78, 5) is 16.5. The summed E-state index contributed by atoms with van der Waals surface area (Å²) in [6, 6.07) is 12.8. The molecular weight excluding hydrogens is 341 g/mol.